The van der Waals surface area contributed by atoms with Crippen molar-refractivity contribution in [2.24, 2.45) is 5.41 Å². The molecule has 3 unspecified atom stereocenters. The minimum atomic E-state index is -4.74. The Morgan fingerprint density at radius 2 is 1.82 bits per heavy atom. The highest BCUT2D eigenvalue weighted by atomic mass is 32.2. The van der Waals surface area contributed by atoms with Crippen LogP contribution in [0.25, 0.3) is 0 Å². The van der Waals surface area contributed by atoms with Crippen molar-refractivity contribution in [1.82, 2.24) is 14.7 Å². The monoisotopic (exact) mass is 642 g/mol. The molecule has 2 heterocycles. The number of ether oxygens (including phenoxy) is 1. The van der Waals surface area contributed by atoms with Gasteiger partial charge < -0.3 is 19.8 Å². The molecular formula is C33H37F3N4O4S. The van der Waals surface area contributed by atoms with Crippen molar-refractivity contribution >= 4 is 16.8 Å². The molecule has 0 amide bonds. The Morgan fingerprint density at radius 3 is 2.47 bits per heavy atom. The Kier molecular flexibility index (Phi) is 9.56. The predicted octanol–water partition coefficient (Wildman–Crippen LogP) is 4.93. The normalized spacial score (nSPS) is 19.0. The van der Waals surface area contributed by atoms with Crippen LogP contribution in [-0.2, 0) is 24.0 Å². The van der Waals surface area contributed by atoms with E-state index in [9.17, 15) is 27.6 Å². The zero-order chi connectivity index (χ0) is 32.4. The van der Waals surface area contributed by atoms with Gasteiger partial charge >= 0.3 is 6.18 Å². The molecule has 45 heavy (non-hydrogen) atoms. The lowest BCUT2D eigenvalue weighted by Gasteiger charge is -2.44. The maximum absolute atomic E-state index is 13.2. The number of aliphatic hydroxyl groups excluding tert-OH is 2. The molecule has 3 N–H and O–H groups in total. The maximum Gasteiger partial charge on any atom is 0.418 e. The van der Waals surface area contributed by atoms with Gasteiger partial charge in [0.15, 0.2) is 11.9 Å². The molecule has 1 aliphatic carbocycles. The zero-order valence-electron chi connectivity index (χ0n) is 25.4. The first-order valence-corrected chi connectivity index (χ1v) is 15.9. The summed E-state index contributed by atoms with van der Waals surface area (Å²) in [4.78, 5) is 11.2. The van der Waals surface area contributed by atoms with Crippen molar-refractivity contribution in [3.05, 3.63) is 82.8 Å². The molecule has 2 aromatic carbocycles. The Balaban J connectivity index is 1.22. The van der Waals surface area contributed by atoms with Gasteiger partial charge in [-0.25, -0.2) is 18.9 Å². The van der Waals surface area contributed by atoms with Gasteiger partial charge in [-0.1, -0.05) is 42.3 Å². The average Bonchev–Trinajstić information content (AvgIpc) is 3.30. The first-order valence-electron chi connectivity index (χ1n) is 14.7. The van der Waals surface area contributed by atoms with Gasteiger partial charge in [0.1, 0.15) is 23.7 Å². The summed E-state index contributed by atoms with van der Waals surface area (Å²) in [6, 6.07) is 13.3. The van der Waals surface area contributed by atoms with Crippen molar-refractivity contribution in [2.75, 3.05) is 24.6 Å². The number of nitrogens with zero attached hydrogens (tertiary/aromatic N) is 3. The van der Waals surface area contributed by atoms with Crippen molar-refractivity contribution in [2.45, 2.75) is 69.7 Å². The van der Waals surface area contributed by atoms with Crippen molar-refractivity contribution in [3.8, 4) is 17.6 Å². The number of nitrogens with one attached hydrogen (secondary N) is 1. The highest BCUT2D eigenvalue weighted by Gasteiger charge is 2.49. The molecule has 0 saturated carbocycles. The number of piperidine rings is 1. The van der Waals surface area contributed by atoms with Crippen LogP contribution in [0.1, 0.15) is 73.8 Å². The highest BCUT2D eigenvalue weighted by molar-refractivity contribution is 7.84. The number of anilines is 1. The second kappa shape index (κ2) is 13.1. The van der Waals surface area contributed by atoms with Crippen LogP contribution >= 0.6 is 0 Å². The number of alkyl halides is 3. The number of benzene rings is 2. The minimum Gasteiger partial charge on any atom is -0.481 e. The minimum absolute atomic E-state index is 0.0245. The van der Waals surface area contributed by atoms with E-state index in [0.717, 1.165) is 31.4 Å². The largest absolute Gasteiger partial charge is 0.481 e. The Labute approximate surface area is 263 Å². The van der Waals surface area contributed by atoms with Gasteiger partial charge in [-0.05, 0) is 80.2 Å². The topological polar surface area (TPSA) is 108 Å². The van der Waals surface area contributed by atoms with E-state index in [4.69, 9.17) is 4.74 Å². The summed E-state index contributed by atoms with van der Waals surface area (Å²) in [5.74, 6) is 6.56. The van der Waals surface area contributed by atoms with E-state index in [2.05, 4.69) is 49.6 Å². The fraction of sp³-hybridized carbons (Fsp3) is 0.455. The lowest BCUT2D eigenvalue weighted by atomic mass is 9.73. The molecule has 1 spiro atoms. The zero-order valence-corrected chi connectivity index (χ0v) is 26.2. The molecule has 8 nitrogen and oxygen atoms in total. The van der Waals surface area contributed by atoms with E-state index < -0.39 is 28.0 Å². The Hall–Kier alpha value is -3.50. The first kappa shape index (κ1) is 32.9. The summed E-state index contributed by atoms with van der Waals surface area (Å²) in [7, 11) is -1.22. The second-order valence-electron chi connectivity index (χ2n) is 12.4. The molecule has 1 aromatic heterocycles. The molecular weight excluding hydrogens is 605 g/mol. The highest BCUT2D eigenvalue weighted by Crippen LogP contribution is 2.52. The number of rotatable bonds is 7. The molecule has 5 rings (SSSR count). The van der Waals surface area contributed by atoms with Gasteiger partial charge in [-0.2, -0.15) is 13.2 Å². The van der Waals surface area contributed by atoms with Crippen LogP contribution in [-0.4, -0.2) is 55.0 Å². The van der Waals surface area contributed by atoms with E-state index in [-0.39, 0.29) is 30.2 Å². The SMILES string of the molecule is CC(C)(C)S(=O)NC1c2ccccc2CC12CCN(c1ncc(C#CCOc3ccc(C(O)C(F)(F)F)cc3)nc1CO)CC2. The summed E-state index contributed by atoms with van der Waals surface area (Å²) >= 11 is 0. The summed E-state index contributed by atoms with van der Waals surface area (Å²) in [6.07, 6.45) is -3.15. The van der Waals surface area contributed by atoms with Crippen LogP contribution in [0, 0.1) is 17.3 Å². The summed E-state index contributed by atoms with van der Waals surface area (Å²) < 4.78 is 59.8. The third kappa shape index (κ3) is 7.33. The fourth-order valence-electron chi connectivity index (χ4n) is 5.92. The van der Waals surface area contributed by atoms with Crippen LogP contribution in [0.15, 0.2) is 54.7 Å². The standard InChI is InChI=1S/C33H37F3N4O4S/c1-31(2,3)45(43)39-28-26-9-5-4-7-23(26)19-32(28)14-16-40(17-15-32)30-27(21-41)38-24(20-37-30)8-6-18-44-25-12-10-22(11-13-25)29(42)33(34,35)36/h4-5,7,9-13,20,28-29,39,41-42H,14-19,21H2,1-3H3. The van der Waals surface area contributed by atoms with Crippen LogP contribution in [0.5, 0.6) is 5.75 Å². The number of hydrogen-bond acceptors (Lipinski definition) is 7. The van der Waals surface area contributed by atoms with Crippen LogP contribution in [0.3, 0.4) is 0 Å². The van der Waals surface area contributed by atoms with Gasteiger partial charge in [0, 0.05) is 13.1 Å². The van der Waals surface area contributed by atoms with Gasteiger partial charge in [0.2, 0.25) is 0 Å². The van der Waals surface area contributed by atoms with Crippen LogP contribution in [0.2, 0.25) is 0 Å². The first-order chi connectivity index (χ1) is 21.3. The molecule has 0 bridgehead atoms. The lowest BCUT2D eigenvalue weighted by Crippen LogP contribution is -2.48. The van der Waals surface area contributed by atoms with E-state index in [0.29, 0.717) is 36.0 Å². The van der Waals surface area contributed by atoms with E-state index in [1.165, 1.54) is 23.3 Å². The van der Waals surface area contributed by atoms with E-state index in [1.54, 1.807) is 6.20 Å². The molecule has 1 saturated heterocycles. The lowest BCUT2D eigenvalue weighted by molar-refractivity contribution is -0.206. The smallest absolute Gasteiger partial charge is 0.418 e. The molecule has 1 fully saturated rings. The number of fused-ring (bicyclic) bond motifs is 1. The Morgan fingerprint density at radius 1 is 1.13 bits per heavy atom. The summed E-state index contributed by atoms with van der Waals surface area (Å²) in [6.45, 7) is 6.95. The molecule has 2 aliphatic rings. The number of aliphatic hydroxyl groups is 2. The maximum atomic E-state index is 13.2. The van der Waals surface area contributed by atoms with E-state index in [1.807, 2.05) is 26.8 Å². The van der Waals surface area contributed by atoms with Crippen LogP contribution in [0.4, 0.5) is 19.0 Å². The summed E-state index contributed by atoms with van der Waals surface area (Å²) in [5.41, 5.74) is 2.90. The van der Waals surface area contributed by atoms with Crippen molar-refractivity contribution in [3.63, 3.8) is 0 Å². The fourth-order valence-corrected chi connectivity index (χ4v) is 6.87. The predicted molar refractivity (Wildman–Crippen MR) is 166 cm³/mol. The average molecular weight is 643 g/mol. The van der Waals surface area contributed by atoms with Gasteiger partial charge in [-0.3, -0.25) is 0 Å². The molecule has 1 aliphatic heterocycles. The Bertz CT molecular complexity index is 1590. The van der Waals surface area contributed by atoms with Crippen molar-refractivity contribution < 1.29 is 32.3 Å². The summed E-state index contributed by atoms with van der Waals surface area (Å²) in [5, 5.41) is 19.5. The van der Waals surface area contributed by atoms with E-state index >= 15 is 0 Å². The van der Waals surface area contributed by atoms with Gasteiger partial charge in [-0.15, -0.1) is 0 Å². The number of aromatic nitrogens is 2. The number of halogens is 3. The molecule has 240 valence electrons. The van der Waals surface area contributed by atoms with Crippen molar-refractivity contribution in [1.29, 1.82) is 0 Å². The van der Waals surface area contributed by atoms with Gasteiger partial charge in [0.05, 0.1) is 34.6 Å². The third-order valence-corrected chi connectivity index (χ3v) is 9.93. The quantitative estimate of drug-likeness (QED) is 0.314. The third-order valence-electron chi connectivity index (χ3n) is 8.37. The molecule has 3 aromatic rings. The van der Waals surface area contributed by atoms with Gasteiger partial charge in [0.25, 0.3) is 0 Å². The second-order valence-corrected chi connectivity index (χ2v) is 14.4. The molecule has 12 heteroatoms. The van der Waals surface area contributed by atoms with Crippen LogP contribution < -0.4 is 14.4 Å². The molecule has 0 radical (unpaired) electrons. The number of hydrogen-bond donors (Lipinski definition) is 3. The molecule has 3 atom stereocenters.